The maximum absolute atomic E-state index is 12.8. The van der Waals surface area contributed by atoms with Crippen molar-refractivity contribution in [1.82, 2.24) is 14.5 Å². The lowest BCUT2D eigenvalue weighted by Crippen LogP contribution is -2.31. The van der Waals surface area contributed by atoms with Crippen molar-refractivity contribution in [3.63, 3.8) is 0 Å². The minimum atomic E-state index is -3.58. The number of benzene rings is 2. The maximum atomic E-state index is 12.8. The average Bonchev–Trinajstić information content (AvgIpc) is 3.50. The predicted molar refractivity (Wildman–Crippen MR) is 142 cm³/mol. The summed E-state index contributed by atoms with van der Waals surface area (Å²) in [6.45, 7) is 4.54. The van der Waals surface area contributed by atoms with Crippen molar-refractivity contribution >= 4 is 55.8 Å². The molecule has 1 atom stereocenters. The minimum Gasteiger partial charge on any atom is -0.312 e. The van der Waals surface area contributed by atoms with Crippen LogP contribution in [0.2, 0.25) is 0 Å². The Morgan fingerprint density at radius 2 is 1.81 bits per heavy atom. The number of hydrogen-bond acceptors (Lipinski definition) is 8. The Balaban J connectivity index is 1.35. The Hall–Kier alpha value is -2.80. The lowest BCUT2D eigenvalue weighted by atomic mass is 10.1. The number of carbonyl (C=O) groups excluding carboxylic acids is 2. The second-order valence-electron chi connectivity index (χ2n) is 8.13. The first-order valence-electron chi connectivity index (χ1n) is 11.5. The highest BCUT2D eigenvalue weighted by molar-refractivity contribution is 8.00. The summed E-state index contributed by atoms with van der Waals surface area (Å²) >= 11 is 2.84. The normalized spacial score (nSPS) is 16.0. The molecule has 0 saturated carbocycles. The Morgan fingerprint density at radius 1 is 1.11 bits per heavy atom. The van der Waals surface area contributed by atoms with Gasteiger partial charge in [-0.25, -0.2) is 8.42 Å². The number of thioether (sulfide) groups is 1. The number of hydrogen-bond donors (Lipinski definition) is 1. The molecule has 0 bridgehead atoms. The molecule has 1 N–H and O–H groups in total. The molecular weight excluding hydrogens is 518 g/mol. The van der Waals surface area contributed by atoms with Crippen LogP contribution in [0.15, 0.2) is 63.8 Å². The van der Waals surface area contributed by atoms with Crippen LogP contribution in [0.25, 0.3) is 0 Å². The number of anilines is 2. The van der Waals surface area contributed by atoms with Gasteiger partial charge in [-0.3, -0.25) is 9.59 Å². The Bertz CT molecular complexity index is 1310. The van der Waals surface area contributed by atoms with Gasteiger partial charge in [0.25, 0.3) is 0 Å². The van der Waals surface area contributed by atoms with Crippen LogP contribution in [0.5, 0.6) is 0 Å². The fraction of sp³-hybridized carbons (Fsp3) is 0.333. The van der Waals surface area contributed by atoms with Gasteiger partial charge in [-0.2, -0.15) is 4.31 Å². The Kier molecular flexibility index (Phi) is 8.39. The van der Waals surface area contributed by atoms with E-state index in [4.69, 9.17) is 0 Å². The van der Waals surface area contributed by atoms with Crippen molar-refractivity contribution in [3.8, 4) is 0 Å². The van der Waals surface area contributed by atoms with Gasteiger partial charge >= 0.3 is 0 Å². The van der Waals surface area contributed by atoms with E-state index in [1.54, 1.807) is 37.7 Å². The molecule has 9 nitrogen and oxygen atoms in total. The largest absolute Gasteiger partial charge is 0.312 e. The monoisotopic (exact) mass is 545 g/mol. The molecule has 1 unspecified atom stereocenters. The molecule has 0 spiro atoms. The summed E-state index contributed by atoms with van der Waals surface area (Å²) in [4.78, 5) is 27.1. The van der Waals surface area contributed by atoms with E-state index < -0.39 is 15.9 Å². The van der Waals surface area contributed by atoms with Crippen molar-refractivity contribution < 1.29 is 18.0 Å². The smallest absolute Gasteiger partial charge is 0.243 e. The molecular formula is C24H27N5O4S3. The van der Waals surface area contributed by atoms with Gasteiger partial charge in [0.1, 0.15) is 0 Å². The van der Waals surface area contributed by atoms with E-state index in [0.717, 1.165) is 10.1 Å². The second-order valence-corrected chi connectivity index (χ2v) is 12.3. The van der Waals surface area contributed by atoms with Gasteiger partial charge < -0.3 is 10.2 Å². The van der Waals surface area contributed by atoms with E-state index in [0.29, 0.717) is 23.9 Å². The number of carbonyl (C=O) groups is 2. The zero-order chi connectivity index (χ0) is 25.7. The van der Waals surface area contributed by atoms with Crippen molar-refractivity contribution in [2.24, 2.45) is 5.92 Å². The molecule has 0 radical (unpaired) electrons. The van der Waals surface area contributed by atoms with E-state index >= 15 is 0 Å². The van der Waals surface area contributed by atoms with E-state index in [2.05, 4.69) is 15.5 Å². The zero-order valence-corrected chi connectivity index (χ0v) is 22.4. The first kappa shape index (κ1) is 26.3. The molecule has 2 amide bonds. The van der Waals surface area contributed by atoms with Crippen molar-refractivity contribution in [2.45, 2.75) is 35.3 Å². The van der Waals surface area contributed by atoms with E-state index in [9.17, 15) is 18.0 Å². The molecule has 190 valence electrons. The van der Waals surface area contributed by atoms with Crippen LogP contribution >= 0.6 is 23.1 Å². The molecule has 1 aliphatic rings. The van der Waals surface area contributed by atoms with Crippen LogP contribution < -0.4 is 10.2 Å². The summed E-state index contributed by atoms with van der Waals surface area (Å²) in [6, 6.07) is 16.2. The fourth-order valence-electron chi connectivity index (χ4n) is 3.89. The molecule has 1 fully saturated rings. The highest BCUT2D eigenvalue weighted by atomic mass is 32.2. The minimum absolute atomic E-state index is 0.0692. The quantitative estimate of drug-likeness (QED) is 0.304. The summed E-state index contributed by atoms with van der Waals surface area (Å²) in [5.41, 5.74) is 1.73. The number of aromatic nitrogens is 2. The number of rotatable bonds is 10. The number of nitrogens with zero attached hydrogens (tertiary/aromatic N) is 4. The Labute approximate surface area is 219 Å². The number of amides is 2. The van der Waals surface area contributed by atoms with Gasteiger partial charge in [0.2, 0.25) is 27.0 Å². The summed E-state index contributed by atoms with van der Waals surface area (Å²) < 4.78 is 27.5. The topological polar surface area (TPSA) is 113 Å². The molecule has 3 aromatic rings. The lowest BCUT2D eigenvalue weighted by Gasteiger charge is -2.20. The zero-order valence-electron chi connectivity index (χ0n) is 20.0. The van der Waals surface area contributed by atoms with E-state index in [-0.39, 0.29) is 29.7 Å². The average molecular weight is 546 g/mol. The highest BCUT2D eigenvalue weighted by Gasteiger charge is 2.35. The number of nitrogens with one attached hydrogen (secondary N) is 1. The van der Waals surface area contributed by atoms with Gasteiger partial charge in [-0.05, 0) is 29.8 Å². The van der Waals surface area contributed by atoms with E-state index in [1.165, 1.54) is 38.2 Å². The first-order chi connectivity index (χ1) is 17.3. The van der Waals surface area contributed by atoms with Gasteiger partial charge in [0.05, 0.1) is 10.8 Å². The summed E-state index contributed by atoms with van der Waals surface area (Å²) in [7, 11) is -3.58. The fourth-order valence-corrected chi connectivity index (χ4v) is 7.06. The predicted octanol–water partition coefficient (Wildman–Crippen LogP) is 3.85. The van der Waals surface area contributed by atoms with Crippen molar-refractivity contribution in [1.29, 1.82) is 0 Å². The molecule has 12 heteroatoms. The maximum Gasteiger partial charge on any atom is 0.243 e. The van der Waals surface area contributed by atoms with Crippen molar-refractivity contribution in [3.05, 3.63) is 60.2 Å². The van der Waals surface area contributed by atoms with Gasteiger partial charge in [-0.1, -0.05) is 67.3 Å². The standard InChI is InChI=1S/C24H27N5O4S3/c1-3-28(4-2)36(32,33)20-12-10-19(11-13-20)29-15-18(14-21(29)30)22(31)25-23-26-27-24(35-23)34-16-17-8-6-5-7-9-17/h5-13,18H,3-4,14-16H2,1-2H3,(H,25,26,31). The van der Waals surface area contributed by atoms with Crippen LogP contribution in [0.4, 0.5) is 10.8 Å². The van der Waals surface area contributed by atoms with Gasteiger partial charge in [0.15, 0.2) is 4.34 Å². The molecule has 2 aromatic carbocycles. The summed E-state index contributed by atoms with van der Waals surface area (Å²) in [5, 5.41) is 11.4. The Morgan fingerprint density at radius 3 is 2.47 bits per heavy atom. The van der Waals surface area contributed by atoms with E-state index in [1.807, 2.05) is 30.3 Å². The van der Waals surface area contributed by atoms with Crippen LogP contribution in [-0.2, 0) is 25.4 Å². The van der Waals surface area contributed by atoms with Crippen LogP contribution in [0.1, 0.15) is 25.8 Å². The molecule has 0 aliphatic carbocycles. The lowest BCUT2D eigenvalue weighted by molar-refractivity contribution is -0.122. The van der Waals surface area contributed by atoms with Crippen molar-refractivity contribution in [2.75, 3.05) is 29.9 Å². The van der Waals surface area contributed by atoms with Crippen LogP contribution in [0.3, 0.4) is 0 Å². The molecule has 36 heavy (non-hydrogen) atoms. The van der Waals surface area contributed by atoms with Crippen LogP contribution in [-0.4, -0.2) is 54.4 Å². The third kappa shape index (κ3) is 5.94. The summed E-state index contributed by atoms with van der Waals surface area (Å²) in [5.74, 6) is -0.265. The third-order valence-corrected chi connectivity index (χ3v) is 9.94. The summed E-state index contributed by atoms with van der Waals surface area (Å²) in [6.07, 6.45) is 0.0692. The molecule has 4 rings (SSSR count). The number of sulfonamides is 1. The van der Waals surface area contributed by atoms with Gasteiger partial charge in [-0.15, -0.1) is 10.2 Å². The molecule has 2 heterocycles. The second kappa shape index (κ2) is 11.5. The molecule has 1 aliphatic heterocycles. The van der Waals surface area contributed by atoms with Gasteiger partial charge in [0, 0.05) is 37.5 Å². The van der Waals surface area contributed by atoms with Crippen LogP contribution in [0, 0.1) is 5.92 Å². The third-order valence-electron chi connectivity index (χ3n) is 5.83. The SMILES string of the molecule is CCN(CC)S(=O)(=O)c1ccc(N2CC(C(=O)Nc3nnc(SCc4ccccc4)s3)CC2=O)cc1. The highest BCUT2D eigenvalue weighted by Crippen LogP contribution is 2.30. The molecule has 1 aromatic heterocycles. The molecule has 1 saturated heterocycles. The first-order valence-corrected chi connectivity index (χ1v) is 14.8.